The summed E-state index contributed by atoms with van der Waals surface area (Å²) >= 11 is 8.26. The Morgan fingerprint density at radius 1 is 0.931 bits per heavy atom. The molecule has 0 bridgehead atoms. The van der Waals surface area contributed by atoms with Crippen molar-refractivity contribution in [2.75, 3.05) is 25.5 Å². The monoisotopic (exact) mass is 446 g/mol. The fourth-order valence-corrected chi connectivity index (χ4v) is 11.6. The summed E-state index contributed by atoms with van der Waals surface area (Å²) in [6.45, 7) is 13.6. The first-order chi connectivity index (χ1) is 13.8. The van der Waals surface area contributed by atoms with Crippen LogP contribution in [0.4, 0.5) is 0 Å². The molecule has 1 fully saturated rings. The average Bonchev–Trinajstić information content (AvgIpc) is 3.12. The summed E-state index contributed by atoms with van der Waals surface area (Å²) in [6, 6.07) is 22.3. The molecule has 29 heavy (non-hydrogen) atoms. The van der Waals surface area contributed by atoms with Crippen LogP contribution in [0.1, 0.15) is 38.8 Å². The second kappa shape index (κ2) is 10.1. The van der Waals surface area contributed by atoms with Gasteiger partial charge < -0.3 is 0 Å². The van der Waals surface area contributed by atoms with Crippen LogP contribution < -0.4 is 0 Å². The highest BCUT2D eigenvalue weighted by Gasteiger charge is 2.43. The zero-order valence-corrected chi connectivity index (χ0v) is 20.8. The average molecular weight is 447 g/mol. The maximum absolute atomic E-state index is 6.13. The van der Waals surface area contributed by atoms with Crippen LogP contribution in [0.2, 0.25) is 0 Å². The van der Waals surface area contributed by atoms with Crippen molar-refractivity contribution in [1.82, 2.24) is 9.80 Å². The van der Waals surface area contributed by atoms with Crippen molar-refractivity contribution in [3.8, 4) is 0 Å². The summed E-state index contributed by atoms with van der Waals surface area (Å²) in [5.74, 6) is 0. The van der Waals surface area contributed by atoms with Crippen LogP contribution in [-0.4, -0.2) is 46.1 Å². The zero-order chi connectivity index (χ0) is 20.9. The van der Waals surface area contributed by atoms with Gasteiger partial charge in [-0.25, -0.2) is 0 Å². The molecule has 0 N–H and O–H groups in total. The van der Waals surface area contributed by atoms with Crippen molar-refractivity contribution in [1.29, 1.82) is 0 Å². The molecule has 1 aliphatic heterocycles. The van der Waals surface area contributed by atoms with Crippen LogP contribution >= 0.6 is 16.6 Å². The molecule has 0 saturated carbocycles. The number of nitrogens with zero attached hydrogens (tertiary/aromatic N) is 2. The van der Waals surface area contributed by atoms with E-state index in [0.717, 1.165) is 38.6 Å². The molecule has 158 valence electrons. The molecule has 1 unspecified atom stereocenters. The molecule has 2 aromatic rings. The maximum atomic E-state index is 6.13. The smallest absolute Gasteiger partial charge is 0.0517 e. The van der Waals surface area contributed by atoms with E-state index in [9.17, 15) is 0 Å². The quantitative estimate of drug-likeness (QED) is 0.418. The van der Waals surface area contributed by atoms with Gasteiger partial charge in [0.1, 0.15) is 0 Å². The number of hydrogen-bond donors (Lipinski definition) is 0. The standard InChI is InChI=1S/C24H35N2PS2/c1-5-27(28,6-2)29-24(3,4)23-19-25(17-21-13-9-7-10-14-21)20-26(23)18-22-15-11-8-12-16-22/h7-16,23H,5-6,17-20H2,1-4H3. The van der Waals surface area contributed by atoms with Crippen LogP contribution in [0.15, 0.2) is 60.7 Å². The van der Waals surface area contributed by atoms with Crippen LogP contribution in [-0.2, 0) is 24.9 Å². The minimum Gasteiger partial charge on any atom is -0.285 e. The summed E-state index contributed by atoms with van der Waals surface area (Å²) in [5, 5.41) is -1.35. The molecule has 1 atom stereocenters. The summed E-state index contributed by atoms with van der Waals surface area (Å²) in [6.07, 6.45) is 2.29. The van der Waals surface area contributed by atoms with E-state index < -0.39 is 5.24 Å². The highest BCUT2D eigenvalue weighted by atomic mass is 32.9. The summed E-state index contributed by atoms with van der Waals surface area (Å²) < 4.78 is 0.141. The number of rotatable bonds is 9. The molecule has 1 saturated heterocycles. The normalized spacial score (nSPS) is 19.0. The van der Waals surface area contributed by atoms with Gasteiger partial charge in [-0.05, 0) is 37.3 Å². The van der Waals surface area contributed by atoms with Crippen molar-refractivity contribution >= 4 is 28.4 Å². The Hall–Kier alpha value is -0.640. The molecular formula is C24H35N2PS2. The third kappa shape index (κ3) is 6.18. The second-order valence-electron chi connectivity index (χ2n) is 8.53. The van der Waals surface area contributed by atoms with E-state index >= 15 is 0 Å². The Labute approximate surface area is 186 Å². The predicted molar refractivity (Wildman–Crippen MR) is 135 cm³/mol. The topological polar surface area (TPSA) is 6.48 Å². The maximum Gasteiger partial charge on any atom is 0.0517 e. The van der Waals surface area contributed by atoms with Gasteiger partial charge >= 0.3 is 0 Å². The van der Waals surface area contributed by atoms with Crippen molar-refractivity contribution in [2.45, 2.75) is 51.6 Å². The minimum absolute atomic E-state index is 0.141. The zero-order valence-electron chi connectivity index (χ0n) is 18.3. The van der Waals surface area contributed by atoms with Gasteiger partial charge in [0.05, 0.1) is 6.67 Å². The molecule has 3 rings (SSSR count). The van der Waals surface area contributed by atoms with Gasteiger partial charge in [-0.3, -0.25) is 9.80 Å². The number of hydrogen-bond acceptors (Lipinski definition) is 4. The second-order valence-corrected chi connectivity index (χ2v) is 18.1. The van der Waals surface area contributed by atoms with Crippen LogP contribution in [0.25, 0.3) is 0 Å². The molecular weight excluding hydrogens is 411 g/mol. The lowest BCUT2D eigenvalue weighted by atomic mass is 10.0. The third-order valence-electron chi connectivity index (χ3n) is 5.90. The van der Waals surface area contributed by atoms with E-state index in [-0.39, 0.29) is 4.75 Å². The van der Waals surface area contributed by atoms with E-state index in [1.54, 1.807) is 0 Å². The van der Waals surface area contributed by atoms with Gasteiger partial charge in [-0.15, -0.1) is 11.4 Å². The van der Waals surface area contributed by atoms with Crippen LogP contribution in [0, 0.1) is 0 Å². The molecule has 0 amide bonds. The summed E-state index contributed by atoms with van der Waals surface area (Å²) in [4.78, 5) is 5.28. The molecule has 0 spiro atoms. The lowest BCUT2D eigenvalue weighted by molar-refractivity contribution is 0.196. The Bertz CT molecular complexity index is 802. The highest BCUT2D eigenvalue weighted by Crippen LogP contribution is 2.64. The van der Waals surface area contributed by atoms with Crippen molar-refractivity contribution < 1.29 is 0 Å². The molecule has 0 radical (unpaired) electrons. The molecule has 1 aliphatic rings. The fraction of sp³-hybridized carbons (Fsp3) is 0.500. The minimum atomic E-state index is -1.35. The van der Waals surface area contributed by atoms with Crippen LogP contribution in [0.3, 0.4) is 0 Å². The molecule has 2 aromatic carbocycles. The van der Waals surface area contributed by atoms with Gasteiger partial charge in [0, 0.05) is 35.7 Å². The van der Waals surface area contributed by atoms with Gasteiger partial charge in [0.25, 0.3) is 0 Å². The van der Waals surface area contributed by atoms with E-state index in [1.165, 1.54) is 11.1 Å². The van der Waals surface area contributed by atoms with Crippen molar-refractivity contribution in [2.24, 2.45) is 0 Å². The Kier molecular flexibility index (Phi) is 8.03. The lowest BCUT2D eigenvalue weighted by Gasteiger charge is -2.39. The molecule has 1 heterocycles. The molecule has 5 heteroatoms. The Balaban J connectivity index is 1.80. The first-order valence-corrected chi connectivity index (χ1v) is 15.3. The van der Waals surface area contributed by atoms with E-state index in [2.05, 4.69) is 110 Å². The van der Waals surface area contributed by atoms with Gasteiger partial charge in [0.15, 0.2) is 0 Å². The van der Waals surface area contributed by atoms with Crippen LogP contribution in [0.5, 0.6) is 0 Å². The van der Waals surface area contributed by atoms with E-state index in [0.29, 0.717) is 6.04 Å². The fourth-order valence-electron chi connectivity index (χ4n) is 4.21. The largest absolute Gasteiger partial charge is 0.285 e. The summed E-state index contributed by atoms with van der Waals surface area (Å²) in [7, 11) is 0. The first-order valence-electron chi connectivity index (χ1n) is 10.7. The van der Waals surface area contributed by atoms with Gasteiger partial charge in [-0.1, -0.05) is 86.3 Å². The van der Waals surface area contributed by atoms with Gasteiger partial charge in [-0.2, -0.15) is 0 Å². The van der Waals surface area contributed by atoms with E-state index in [1.807, 2.05) is 0 Å². The third-order valence-corrected chi connectivity index (χ3v) is 15.1. The van der Waals surface area contributed by atoms with Crippen molar-refractivity contribution in [3.63, 3.8) is 0 Å². The predicted octanol–water partition coefficient (Wildman–Crippen LogP) is 6.28. The van der Waals surface area contributed by atoms with Crippen molar-refractivity contribution in [3.05, 3.63) is 71.8 Å². The summed E-state index contributed by atoms with van der Waals surface area (Å²) in [5.41, 5.74) is 2.79. The Morgan fingerprint density at radius 2 is 1.45 bits per heavy atom. The molecule has 0 aromatic heterocycles. The molecule has 0 aliphatic carbocycles. The molecule has 2 nitrogen and oxygen atoms in total. The van der Waals surface area contributed by atoms with Gasteiger partial charge in [0.2, 0.25) is 0 Å². The Morgan fingerprint density at radius 3 is 1.97 bits per heavy atom. The highest BCUT2D eigenvalue weighted by molar-refractivity contribution is 8.71. The lowest BCUT2D eigenvalue weighted by Crippen LogP contribution is -2.44. The first kappa shape index (κ1) is 23.0. The van der Waals surface area contributed by atoms with E-state index in [4.69, 9.17) is 11.8 Å². The SMILES string of the molecule is CCP(=S)(CC)SC(C)(C)C1CN(Cc2ccccc2)CN1Cc1ccccc1. The number of benzene rings is 2.